The number of amides is 1. The van der Waals surface area contributed by atoms with Crippen LogP contribution >= 0.6 is 0 Å². The van der Waals surface area contributed by atoms with E-state index in [9.17, 15) is 9.59 Å². The van der Waals surface area contributed by atoms with Crippen LogP contribution in [0.25, 0.3) is 0 Å². The number of aromatic nitrogens is 2. The molecule has 0 atom stereocenters. The quantitative estimate of drug-likeness (QED) is 0.913. The third-order valence-corrected chi connectivity index (χ3v) is 3.30. The van der Waals surface area contributed by atoms with Crippen LogP contribution in [0.3, 0.4) is 0 Å². The number of aryl methyl sites for hydroxylation is 1. The van der Waals surface area contributed by atoms with E-state index in [1.165, 1.54) is 22.9 Å². The van der Waals surface area contributed by atoms with Crippen molar-refractivity contribution in [3.05, 3.63) is 59.2 Å². The summed E-state index contributed by atoms with van der Waals surface area (Å²) in [7, 11) is 1.61. The second-order valence-corrected chi connectivity index (χ2v) is 4.89. The van der Waals surface area contributed by atoms with E-state index < -0.39 is 11.9 Å². The summed E-state index contributed by atoms with van der Waals surface area (Å²) in [6.07, 6.45) is 3.52. The van der Waals surface area contributed by atoms with Gasteiger partial charge in [-0.15, -0.1) is 0 Å². The van der Waals surface area contributed by atoms with E-state index in [1.807, 2.05) is 24.3 Å². The van der Waals surface area contributed by atoms with Gasteiger partial charge in [-0.05, 0) is 17.5 Å². The van der Waals surface area contributed by atoms with Crippen LogP contribution in [0.4, 0.5) is 0 Å². The maximum atomic E-state index is 12.4. The Morgan fingerprint density at radius 3 is 2.14 bits per heavy atom. The molecular formula is C16H17N3O3. The van der Waals surface area contributed by atoms with Crippen molar-refractivity contribution in [1.29, 1.82) is 0 Å². The van der Waals surface area contributed by atoms with Gasteiger partial charge in [0, 0.05) is 26.0 Å². The second-order valence-electron chi connectivity index (χ2n) is 4.89. The normalized spacial score (nSPS) is 10.3. The zero-order chi connectivity index (χ0) is 16.1. The van der Waals surface area contributed by atoms with Gasteiger partial charge in [0.05, 0.1) is 0 Å². The highest BCUT2D eigenvalue weighted by Gasteiger charge is 2.22. The van der Waals surface area contributed by atoms with Gasteiger partial charge in [-0.25, -0.2) is 14.8 Å². The van der Waals surface area contributed by atoms with Gasteiger partial charge in [-0.2, -0.15) is 0 Å². The molecule has 114 valence electrons. The number of hydrogen-bond acceptors (Lipinski definition) is 4. The highest BCUT2D eigenvalue weighted by atomic mass is 16.4. The van der Waals surface area contributed by atoms with Crippen molar-refractivity contribution in [3.8, 4) is 0 Å². The number of benzene rings is 1. The molecule has 1 aromatic carbocycles. The largest absolute Gasteiger partial charge is 0.476 e. The van der Waals surface area contributed by atoms with E-state index in [4.69, 9.17) is 5.11 Å². The summed E-state index contributed by atoms with van der Waals surface area (Å²) in [4.78, 5) is 32.4. The fourth-order valence-corrected chi connectivity index (χ4v) is 2.06. The summed E-state index contributed by atoms with van der Waals surface area (Å²) in [5, 5.41) is 9.07. The molecule has 22 heavy (non-hydrogen) atoms. The van der Waals surface area contributed by atoms with Crippen LogP contribution in [0.15, 0.2) is 36.7 Å². The average Bonchev–Trinajstić information content (AvgIpc) is 2.54. The van der Waals surface area contributed by atoms with Gasteiger partial charge in [0.15, 0.2) is 11.4 Å². The van der Waals surface area contributed by atoms with Gasteiger partial charge in [0.25, 0.3) is 5.91 Å². The van der Waals surface area contributed by atoms with Gasteiger partial charge < -0.3 is 10.0 Å². The molecule has 0 aliphatic heterocycles. The predicted octanol–water partition coefficient (Wildman–Crippen LogP) is 2.01. The topological polar surface area (TPSA) is 83.4 Å². The van der Waals surface area contributed by atoms with Crippen molar-refractivity contribution in [2.24, 2.45) is 0 Å². The lowest BCUT2D eigenvalue weighted by molar-refractivity contribution is 0.0671. The first-order chi connectivity index (χ1) is 10.5. The molecule has 0 aliphatic carbocycles. The molecule has 0 aliphatic rings. The zero-order valence-corrected chi connectivity index (χ0v) is 12.5. The van der Waals surface area contributed by atoms with Gasteiger partial charge in [-0.3, -0.25) is 4.79 Å². The third-order valence-electron chi connectivity index (χ3n) is 3.30. The number of nitrogens with zero attached hydrogens (tertiary/aromatic N) is 3. The Bertz CT molecular complexity index is 683. The summed E-state index contributed by atoms with van der Waals surface area (Å²) in [6, 6.07) is 7.94. The molecule has 1 amide bonds. The maximum Gasteiger partial charge on any atom is 0.356 e. The molecule has 0 fully saturated rings. The highest BCUT2D eigenvalue weighted by molar-refractivity contribution is 6.01. The van der Waals surface area contributed by atoms with Crippen molar-refractivity contribution in [1.82, 2.24) is 14.9 Å². The number of hydrogen-bond donors (Lipinski definition) is 1. The molecule has 2 rings (SSSR count). The molecule has 0 radical (unpaired) electrons. The van der Waals surface area contributed by atoms with Gasteiger partial charge >= 0.3 is 5.97 Å². The Balaban J connectivity index is 2.17. The SMILES string of the molecule is CCc1ccc(CN(C)C(=O)c2nccnc2C(=O)O)cc1. The molecule has 0 bridgehead atoms. The predicted molar refractivity (Wildman–Crippen MR) is 80.6 cm³/mol. The fourth-order valence-electron chi connectivity index (χ4n) is 2.06. The Morgan fingerprint density at radius 1 is 1.05 bits per heavy atom. The third kappa shape index (κ3) is 3.46. The minimum Gasteiger partial charge on any atom is -0.476 e. The molecule has 0 saturated heterocycles. The van der Waals surface area contributed by atoms with Crippen LogP contribution in [0.1, 0.15) is 39.0 Å². The van der Waals surface area contributed by atoms with Crippen molar-refractivity contribution in [3.63, 3.8) is 0 Å². The molecule has 1 heterocycles. The standard InChI is InChI=1S/C16H17N3O3/c1-3-11-4-6-12(7-5-11)10-19(2)15(20)13-14(16(21)22)18-9-8-17-13/h4-9H,3,10H2,1-2H3,(H,21,22). The molecule has 2 aromatic rings. The molecule has 1 N–H and O–H groups in total. The number of carbonyl (C=O) groups excluding carboxylic acids is 1. The van der Waals surface area contributed by atoms with Gasteiger partial charge in [-0.1, -0.05) is 31.2 Å². The summed E-state index contributed by atoms with van der Waals surface area (Å²) in [5.74, 6) is -1.73. The minimum absolute atomic E-state index is 0.150. The lowest BCUT2D eigenvalue weighted by Gasteiger charge is -2.17. The van der Waals surface area contributed by atoms with Gasteiger partial charge in [0.2, 0.25) is 0 Å². The van der Waals surface area contributed by atoms with E-state index in [2.05, 4.69) is 16.9 Å². The number of carboxylic acids is 1. The Kier molecular flexibility index (Phi) is 4.83. The van der Waals surface area contributed by atoms with Crippen molar-refractivity contribution >= 4 is 11.9 Å². The van der Waals surface area contributed by atoms with Crippen LogP contribution in [-0.4, -0.2) is 38.9 Å². The minimum atomic E-state index is -1.27. The maximum absolute atomic E-state index is 12.4. The van der Waals surface area contributed by atoms with E-state index in [0.717, 1.165) is 12.0 Å². The lowest BCUT2D eigenvalue weighted by atomic mass is 10.1. The summed E-state index contributed by atoms with van der Waals surface area (Å²) in [5.41, 5.74) is 1.71. The van der Waals surface area contributed by atoms with E-state index >= 15 is 0 Å². The molecule has 1 aromatic heterocycles. The van der Waals surface area contributed by atoms with Crippen molar-refractivity contribution < 1.29 is 14.7 Å². The fraction of sp³-hybridized carbons (Fsp3) is 0.250. The highest BCUT2D eigenvalue weighted by Crippen LogP contribution is 2.11. The number of aromatic carboxylic acids is 1. The molecule has 6 nitrogen and oxygen atoms in total. The summed E-state index contributed by atoms with van der Waals surface area (Å²) >= 11 is 0. The van der Waals surface area contributed by atoms with E-state index in [0.29, 0.717) is 6.54 Å². The van der Waals surface area contributed by atoms with E-state index in [-0.39, 0.29) is 11.4 Å². The van der Waals surface area contributed by atoms with Gasteiger partial charge in [0.1, 0.15) is 0 Å². The second kappa shape index (κ2) is 6.80. The van der Waals surface area contributed by atoms with Crippen molar-refractivity contribution in [2.75, 3.05) is 7.05 Å². The Labute approximate surface area is 128 Å². The monoisotopic (exact) mass is 299 g/mol. The Morgan fingerprint density at radius 2 is 1.59 bits per heavy atom. The lowest BCUT2D eigenvalue weighted by Crippen LogP contribution is -2.29. The average molecular weight is 299 g/mol. The van der Waals surface area contributed by atoms with Crippen molar-refractivity contribution in [2.45, 2.75) is 19.9 Å². The smallest absolute Gasteiger partial charge is 0.356 e. The summed E-state index contributed by atoms with van der Waals surface area (Å²) in [6.45, 7) is 2.45. The summed E-state index contributed by atoms with van der Waals surface area (Å²) < 4.78 is 0. The molecule has 6 heteroatoms. The van der Waals surface area contributed by atoms with Crippen LogP contribution in [0, 0.1) is 0 Å². The number of carboxylic acid groups (broad SMARTS) is 1. The number of carbonyl (C=O) groups is 2. The first kappa shape index (κ1) is 15.6. The first-order valence-electron chi connectivity index (χ1n) is 6.90. The van der Waals surface area contributed by atoms with Crippen LogP contribution in [0.5, 0.6) is 0 Å². The first-order valence-corrected chi connectivity index (χ1v) is 6.90. The molecule has 0 saturated carbocycles. The molecule has 0 unspecified atom stereocenters. The van der Waals surface area contributed by atoms with Crippen LogP contribution in [-0.2, 0) is 13.0 Å². The van der Waals surface area contributed by atoms with Crippen LogP contribution in [0.2, 0.25) is 0 Å². The van der Waals surface area contributed by atoms with E-state index in [1.54, 1.807) is 7.05 Å². The number of rotatable bonds is 5. The van der Waals surface area contributed by atoms with Crippen LogP contribution < -0.4 is 0 Å². The molecule has 0 spiro atoms. The Hall–Kier alpha value is -2.76. The molecular weight excluding hydrogens is 282 g/mol. The zero-order valence-electron chi connectivity index (χ0n) is 12.5.